The van der Waals surface area contributed by atoms with Gasteiger partial charge in [-0.25, -0.2) is 0 Å². The first kappa shape index (κ1) is 16.4. The van der Waals surface area contributed by atoms with E-state index in [9.17, 15) is 0 Å². The maximum absolute atomic E-state index is 3.41. The standard InChI is InChI=1S/C19H32N2/c1-6-20-14-16-7-8-18(13-15(16)2)21-11-9-17(10-12-21)19(3,4)5/h7-8,13,17,20H,6,9-12,14H2,1-5H3. The van der Waals surface area contributed by atoms with Crippen molar-refractivity contribution in [2.24, 2.45) is 11.3 Å². The molecule has 21 heavy (non-hydrogen) atoms. The number of anilines is 1. The van der Waals surface area contributed by atoms with Gasteiger partial charge in [-0.2, -0.15) is 0 Å². The van der Waals surface area contributed by atoms with Crippen LogP contribution in [0.15, 0.2) is 18.2 Å². The van der Waals surface area contributed by atoms with Crippen LogP contribution < -0.4 is 10.2 Å². The summed E-state index contributed by atoms with van der Waals surface area (Å²) in [7, 11) is 0. The van der Waals surface area contributed by atoms with Crippen LogP contribution in [0.3, 0.4) is 0 Å². The Morgan fingerprint density at radius 3 is 2.38 bits per heavy atom. The Hall–Kier alpha value is -1.02. The fraction of sp³-hybridized carbons (Fsp3) is 0.684. The van der Waals surface area contributed by atoms with Crippen LogP contribution in [0, 0.1) is 18.3 Å². The number of rotatable bonds is 4. The molecule has 0 aliphatic carbocycles. The largest absolute Gasteiger partial charge is 0.372 e. The van der Waals surface area contributed by atoms with E-state index in [0.717, 1.165) is 19.0 Å². The fourth-order valence-electron chi connectivity index (χ4n) is 3.34. The zero-order chi connectivity index (χ0) is 15.5. The second-order valence-electron chi connectivity index (χ2n) is 7.52. The predicted octanol–water partition coefficient (Wildman–Crippen LogP) is 4.37. The van der Waals surface area contributed by atoms with E-state index in [1.165, 1.54) is 42.7 Å². The number of nitrogens with one attached hydrogen (secondary N) is 1. The third kappa shape index (κ3) is 4.23. The summed E-state index contributed by atoms with van der Waals surface area (Å²) < 4.78 is 0. The van der Waals surface area contributed by atoms with Gasteiger partial charge in [0.1, 0.15) is 0 Å². The van der Waals surface area contributed by atoms with Crippen LogP contribution in [0.5, 0.6) is 0 Å². The van der Waals surface area contributed by atoms with Gasteiger partial charge < -0.3 is 10.2 Å². The second kappa shape index (κ2) is 6.83. The highest BCUT2D eigenvalue weighted by atomic mass is 15.1. The van der Waals surface area contributed by atoms with Gasteiger partial charge in [-0.3, -0.25) is 0 Å². The van der Waals surface area contributed by atoms with Crippen molar-refractivity contribution in [3.63, 3.8) is 0 Å². The fourth-order valence-corrected chi connectivity index (χ4v) is 3.34. The van der Waals surface area contributed by atoms with Crippen molar-refractivity contribution in [2.45, 2.75) is 54.0 Å². The Bertz CT molecular complexity index is 451. The molecule has 1 aromatic rings. The normalized spacial score (nSPS) is 17.3. The van der Waals surface area contributed by atoms with Crippen LogP contribution >= 0.6 is 0 Å². The number of hydrogen-bond donors (Lipinski definition) is 1. The molecule has 1 aliphatic heterocycles. The molecule has 0 amide bonds. The average Bonchev–Trinajstić information content (AvgIpc) is 2.45. The van der Waals surface area contributed by atoms with Crippen molar-refractivity contribution in [2.75, 3.05) is 24.5 Å². The molecule has 118 valence electrons. The molecule has 2 heteroatoms. The van der Waals surface area contributed by atoms with E-state index in [1.54, 1.807) is 0 Å². The number of hydrogen-bond acceptors (Lipinski definition) is 2. The Labute approximate surface area is 130 Å². The molecule has 1 aromatic carbocycles. The van der Waals surface area contributed by atoms with Crippen LogP contribution in [-0.2, 0) is 6.54 Å². The lowest BCUT2D eigenvalue weighted by Crippen LogP contribution is -2.38. The minimum atomic E-state index is 0.456. The molecule has 1 fully saturated rings. The third-order valence-corrected chi connectivity index (χ3v) is 4.98. The molecule has 0 spiro atoms. The van der Waals surface area contributed by atoms with Crippen LogP contribution in [0.25, 0.3) is 0 Å². The zero-order valence-electron chi connectivity index (χ0n) is 14.5. The van der Waals surface area contributed by atoms with E-state index in [4.69, 9.17) is 0 Å². The maximum atomic E-state index is 3.41. The number of piperidine rings is 1. The van der Waals surface area contributed by atoms with Crippen LogP contribution in [0.2, 0.25) is 0 Å². The summed E-state index contributed by atoms with van der Waals surface area (Å²) in [5, 5.41) is 3.41. The summed E-state index contributed by atoms with van der Waals surface area (Å²) in [6, 6.07) is 6.96. The van der Waals surface area contributed by atoms with Crippen molar-refractivity contribution in [3.05, 3.63) is 29.3 Å². The summed E-state index contributed by atoms with van der Waals surface area (Å²) in [5.41, 5.74) is 4.69. The summed E-state index contributed by atoms with van der Waals surface area (Å²) in [6.07, 6.45) is 2.64. The summed E-state index contributed by atoms with van der Waals surface area (Å²) in [6.45, 7) is 16.0. The molecule has 1 heterocycles. The smallest absolute Gasteiger partial charge is 0.0369 e. The Kier molecular flexibility index (Phi) is 5.32. The Morgan fingerprint density at radius 1 is 1.19 bits per heavy atom. The molecule has 0 atom stereocenters. The molecule has 0 radical (unpaired) electrons. The number of aryl methyl sites for hydroxylation is 1. The first-order valence-corrected chi connectivity index (χ1v) is 8.47. The lowest BCUT2D eigenvalue weighted by molar-refractivity contribution is 0.199. The molecule has 1 N–H and O–H groups in total. The van der Waals surface area contributed by atoms with Gasteiger partial charge in [0.05, 0.1) is 0 Å². The van der Waals surface area contributed by atoms with Crippen molar-refractivity contribution in [3.8, 4) is 0 Å². The topological polar surface area (TPSA) is 15.3 Å². The molecule has 0 saturated carbocycles. The molecule has 0 bridgehead atoms. The van der Waals surface area contributed by atoms with E-state index in [1.807, 2.05) is 0 Å². The van der Waals surface area contributed by atoms with Gasteiger partial charge in [0.2, 0.25) is 0 Å². The van der Waals surface area contributed by atoms with Gasteiger partial charge in [0.25, 0.3) is 0 Å². The van der Waals surface area contributed by atoms with Crippen molar-refractivity contribution >= 4 is 5.69 Å². The molecule has 1 saturated heterocycles. The Morgan fingerprint density at radius 2 is 1.86 bits per heavy atom. The van der Waals surface area contributed by atoms with Crippen molar-refractivity contribution in [1.82, 2.24) is 5.32 Å². The predicted molar refractivity (Wildman–Crippen MR) is 93.0 cm³/mol. The summed E-state index contributed by atoms with van der Waals surface area (Å²) in [5.74, 6) is 0.864. The molecule has 2 nitrogen and oxygen atoms in total. The zero-order valence-corrected chi connectivity index (χ0v) is 14.5. The van der Waals surface area contributed by atoms with Crippen molar-refractivity contribution < 1.29 is 0 Å². The molecular formula is C19H32N2. The number of benzene rings is 1. The van der Waals surface area contributed by atoms with E-state index in [0.29, 0.717) is 5.41 Å². The second-order valence-corrected chi connectivity index (χ2v) is 7.52. The van der Waals surface area contributed by atoms with Crippen LogP contribution in [0.4, 0.5) is 5.69 Å². The van der Waals surface area contributed by atoms with Gasteiger partial charge in [-0.05, 0) is 60.9 Å². The molecule has 0 unspecified atom stereocenters. The lowest BCUT2D eigenvalue weighted by atomic mass is 9.75. The minimum Gasteiger partial charge on any atom is -0.372 e. The van der Waals surface area contributed by atoms with Crippen LogP contribution in [0.1, 0.15) is 51.7 Å². The first-order chi connectivity index (χ1) is 9.91. The summed E-state index contributed by atoms with van der Waals surface area (Å²) in [4.78, 5) is 2.56. The van der Waals surface area contributed by atoms with Gasteiger partial charge in [0, 0.05) is 25.3 Å². The highest BCUT2D eigenvalue weighted by Gasteiger charge is 2.28. The third-order valence-electron chi connectivity index (χ3n) is 4.98. The summed E-state index contributed by atoms with van der Waals surface area (Å²) >= 11 is 0. The maximum Gasteiger partial charge on any atom is 0.0369 e. The lowest BCUT2D eigenvalue weighted by Gasteiger charge is -2.40. The van der Waals surface area contributed by atoms with E-state index < -0.39 is 0 Å². The Balaban J connectivity index is 1.99. The molecule has 1 aliphatic rings. The first-order valence-electron chi connectivity index (χ1n) is 8.47. The van der Waals surface area contributed by atoms with Gasteiger partial charge in [-0.15, -0.1) is 0 Å². The van der Waals surface area contributed by atoms with Gasteiger partial charge >= 0.3 is 0 Å². The quantitative estimate of drug-likeness (QED) is 0.885. The highest BCUT2D eigenvalue weighted by molar-refractivity contribution is 5.51. The van der Waals surface area contributed by atoms with E-state index in [2.05, 4.69) is 63.0 Å². The van der Waals surface area contributed by atoms with Crippen LogP contribution in [-0.4, -0.2) is 19.6 Å². The van der Waals surface area contributed by atoms with E-state index >= 15 is 0 Å². The van der Waals surface area contributed by atoms with Gasteiger partial charge in [-0.1, -0.05) is 33.8 Å². The molecular weight excluding hydrogens is 256 g/mol. The molecule has 0 aromatic heterocycles. The average molecular weight is 288 g/mol. The number of nitrogens with zero attached hydrogens (tertiary/aromatic N) is 1. The minimum absolute atomic E-state index is 0.456. The van der Waals surface area contributed by atoms with Crippen molar-refractivity contribution in [1.29, 1.82) is 0 Å². The van der Waals surface area contributed by atoms with Gasteiger partial charge in [0.15, 0.2) is 0 Å². The SMILES string of the molecule is CCNCc1ccc(N2CCC(C(C)(C)C)CC2)cc1C. The monoisotopic (exact) mass is 288 g/mol. The van der Waals surface area contributed by atoms with E-state index in [-0.39, 0.29) is 0 Å². The highest BCUT2D eigenvalue weighted by Crippen LogP contribution is 2.35. The molecule has 2 rings (SSSR count).